The maximum Gasteiger partial charge on any atom is 0.171 e. The van der Waals surface area contributed by atoms with Gasteiger partial charge < -0.3 is 4.74 Å². The smallest absolute Gasteiger partial charge is 0.171 e. The Balaban J connectivity index is 2.15. The molecule has 0 radical (unpaired) electrons. The average molecular weight is 170 g/mol. The lowest BCUT2D eigenvalue weighted by Crippen LogP contribution is -1.96. The van der Waals surface area contributed by atoms with Gasteiger partial charge in [-0.05, 0) is 25.0 Å². The van der Waals surface area contributed by atoms with Crippen LogP contribution in [0.3, 0.4) is 0 Å². The second-order valence-corrected chi connectivity index (χ2v) is 2.97. The number of nitrogens with zero attached hydrogens (tertiary/aromatic N) is 1. The first-order valence-corrected chi connectivity index (χ1v) is 4.01. The first-order chi connectivity index (χ1) is 5.36. The lowest BCUT2D eigenvalue weighted by molar-refractivity contribution is 0.302. The molecule has 0 amide bonds. The Morgan fingerprint density at radius 3 is 3.00 bits per heavy atom. The molecule has 1 saturated carbocycles. The van der Waals surface area contributed by atoms with Crippen molar-refractivity contribution >= 4 is 11.6 Å². The summed E-state index contributed by atoms with van der Waals surface area (Å²) >= 11 is 5.76. The Morgan fingerprint density at radius 2 is 2.36 bits per heavy atom. The SMILES string of the molecule is Clc1ncccc1OC1CC1. The molecule has 1 aromatic heterocycles. The molecular weight excluding hydrogens is 162 g/mol. The molecule has 0 saturated heterocycles. The Kier molecular flexibility index (Phi) is 1.70. The van der Waals surface area contributed by atoms with Crippen LogP contribution in [0, 0.1) is 0 Å². The van der Waals surface area contributed by atoms with E-state index in [-0.39, 0.29) is 0 Å². The lowest BCUT2D eigenvalue weighted by atomic mass is 10.5. The van der Waals surface area contributed by atoms with Gasteiger partial charge in [0.05, 0.1) is 6.10 Å². The molecule has 0 aromatic carbocycles. The summed E-state index contributed by atoms with van der Waals surface area (Å²) in [6.45, 7) is 0. The summed E-state index contributed by atoms with van der Waals surface area (Å²) in [5.41, 5.74) is 0. The van der Waals surface area contributed by atoms with E-state index < -0.39 is 0 Å². The summed E-state index contributed by atoms with van der Waals surface area (Å²) in [7, 11) is 0. The van der Waals surface area contributed by atoms with E-state index in [2.05, 4.69) is 4.98 Å². The molecule has 0 spiro atoms. The second-order valence-electron chi connectivity index (χ2n) is 2.61. The van der Waals surface area contributed by atoms with Crippen molar-refractivity contribution in [3.8, 4) is 5.75 Å². The Hall–Kier alpha value is -0.760. The molecule has 11 heavy (non-hydrogen) atoms. The van der Waals surface area contributed by atoms with Crippen LogP contribution in [0.1, 0.15) is 12.8 Å². The fraction of sp³-hybridized carbons (Fsp3) is 0.375. The third kappa shape index (κ3) is 1.63. The average Bonchev–Trinajstić information content (AvgIpc) is 2.78. The zero-order valence-electron chi connectivity index (χ0n) is 5.96. The van der Waals surface area contributed by atoms with Crippen molar-refractivity contribution in [2.75, 3.05) is 0 Å². The molecule has 0 aliphatic heterocycles. The van der Waals surface area contributed by atoms with Gasteiger partial charge in [0, 0.05) is 6.20 Å². The summed E-state index contributed by atoms with van der Waals surface area (Å²) < 4.78 is 5.46. The summed E-state index contributed by atoms with van der Waals surface area (Å²) in [4.78, 5) is 3.90. The molecule has 2 rings (SSSR count). The third-order valence-corrected chi connectivity index (χ3v) is 1.83. The summed E-state index contributed by atoms with van der Waals surface area (Å²) in [5, 5.41) is 0.458. The van der Waals surface area contributed by atoms with Crippen LogP contribution in [-0.2, 0) is 0 Å². The summed E-state index contributed by atoms with van der Waals surface area (Å²) in [6.07, 6.45) is 4.33. The molecule has 3 heteroatoms. The van der Waals surface area contributed by atoms with Crippen LogP contribution >= 0.6 is 11.6 Å². The highest BCUT2D eigenvalue weighted by molar-refractivity contribution is 6.30. The highest BCUT2D eigenvalue weighted by Crippen LogP contribution is 2.29. The molecule has 0 bridgehead atoms. The van der Waals surface area contributed by atoms with E-state index in [0.29, 0.717) is 17.0 Å². The predicted octanol–water partition coefficient (Wildman–Crippen LogP) is 2.28. The molecule has 1 fully saturated rings. The second kappa shape index (κ2) is 2.70. The van der Waals surface area contributed by atoms with Gasteiger partial charge in [0.25, 0.3) is 0 Å². The molecule has 0 atom stereocenters. The summed E-state index contributed by atoms with van der Waals surface area (Å²) in [5.74, 6) is 0.705. The first kappa shape index (κ1) is 6.92. The minimum Gasteiger partial charge on any atom is -0.487 e. The van der Waals surface area contributed by atoms with Crippen LogP contribution in [0.5, 0.6) is 5.75 Å². The molecule has 2 nitrogen and oxygen atoms in total. The fourth-order valence-electron chi connectivity index (χ4n) is 0.825. The maximum atomic E-state index is 5.76. The van der Waals surface area contributed by atoms with Gasteiger partial charge in [-0.3, -0.25) is 0 Å². The number of hydrogen-bond donors (Lipinski definition) is 0. The minimum absolute atomic E-state index is 0.386. The van der Waals surface area contributed by atoms with E-state index in [1.807, 2.05) is 12.1 Å². The highest BCUT2D eigenvalue weighted by atomic mass is 35.5. The van der Waals surface area contributed by atoms with E-state index in [9.17, 15) is 0 Å². The zero-order chi connectivity index (χ0) is 7.68. The van der Waals surface area contributed by atoms with Gasteiger partial charge in [-0.2, -0.15) is 0 Å². The minimum atomic E-state index is 0.386. The van der Waals surface area contributed by atoms with Crippen molar-refractivity contribution in [2.45, 2.75) is 18.9 Å². The molecular formula is C8H8ClNO. The van der Waals surface area contributed by atoms with E-state index in [0.717, 1.165) is 12.8 Å². The fourth-order valence-corrected chi connectivity index (χ4v) is 0.989. The third-order valence-electron chi connectivity index (χ3n) is 1.54. The monoisotopic (exact) mass is 169 g/mol. The van der Waals surface area contributed by atoms with E-state index >= 15 is 0 Å². The van der Waals surface area contributed by atoms with Crippen LogP contribution in [0.15, 0.2) is 18.3 Å². The normalized spacial score (nSPS) is 16.5. The molecule has 0 N–H and O–H groups in total. The lowest BCUT2D eigenvalue weighted by Gasteiger charge is -2.03. The van der Waals surface area contributed by atoms with Crippen molar-refractivity contribution in [1.29, 1.82) is 0 Å². The van der Waals surface area contributed by atoms with Crippen LogP contribution < -0.4 is 4.74 Å². The molecule has 58 valence electrons. The number of ether oxygens (including phenoxy) is 1. The van der Waals surface area contributed by atoms with Crippen LogP contribution in [-0.4, -0.2) is 11.1 Å². The quantitative estimate of drug-likeness (QED) is 0.634. The van der Waals surface area contributed by atoms with Gasteiger partial charge >= 0.3 is 0 Å². The Bertz CT molecular complexity index is 260. The van der Waals surface area contributed by atoms with Crippen molar-refractivity contribution in [3.05, 3.63) is 23.5 Å². The van der Waals surface area contributed by atoms with E-state index in [1.54, 1.807) is 6.20 Å². The molecule has 1 aliphatic carbocycles. The van der Waals surface area contributed by atoms with Gasteiger partial charge in [-0.15, -0.1) is 0 Å². The van der Waals surface area contributed by atoms with Gasteiger partial charge in [-0.1, -0.05) is 11.6 Å². The number of pyridine rings is 1. The number of aromatic nitrogens is 1. The molecule has 1 aromatic rings. The molecule has 1 aliphatic rings. The standard InChI is InChI=1S/C8H8ClNO/c9-8-7(2-1-5-10-8)11-6-3-4-6/h1-2,5-6H,3-4H2. The number of rotatable bonds is 2. The van der Waals surface area contributed by atoms with Gasteiger partial charge in [-0.25, -0.2) is 4.98 Å². The van der Waals surface area contributed by atoms with Crippen LogP contribution in [0.4, 0.5) is 0 Å². The largest absolute Gasteiger partial charge is 0.487 e. The van der Waals surface area contributed by atoms with Gasteiger partial charge in [0.15, 0.2) is 10.9 Å². The highest BCUT2D eigenvalue weighted by Gasteiger charge is 2.24. The zero-order valence-corrected chi connectivity index (χ0v) is 6.71. The van der Waals surface area contributed by atoms with Crippen LogP contribution in [0.25, 0.3) is 0 Å². The topological polar surface area (TPSA) is 22.1 Å². The Labute approximate surface area is 70.2 Å². The maximum absolute atomic E-state index is 5.76. The van der Waals surface area contributed by atoms with E-state index in [4.69, 9.17) is 16.3 Å². The molecule has 0 unspecified atom stereocenters. The van der Waals surface area contributed by atoms with Crippen molar-refractivity contribution in [3.63, 3.8) is 0 Å². The van der Waals surface area contributed by atoms with Crippen LogP contribution in [0.2, 0.25) is 5.15 Å². The van der Waals surface area contributed by atoms with Crippen molar-refractivity contribution in [1.82, 2.24) is 4.98 Å². The predicted molar refractivity (Wildman–Crippen MR) is 42.9 cm³/mol. The van der Waals surface area contributed by atoms with Crippen molar-refractivity contribution < 1.29 is 4.74 Å². The van der Waals surface area contributed by atoms with Crippen molar-refractivity contribution in [2.24, 2.45) is 0 Å². The van der Waals surface area contributed by atoms with Gasteiger partial charge in [0.2, 0.25) is 0 Å². The summed E-state index contributed by atoms with van der Waals surface area (Å²) in [6, 6.07) is 3.66. The first-order valence-electron chi connectivity index (χ1n) is 3.63. The number of hydrogen-bond acceptors (Lipinski definition) is 2. The molecule has 1 heterocycles. The Morgan fingerprint density at radius 1 is 1.55 bits per heavy atom. The number of halogens is 1. The van der Waals surface area contributed by atoms with Gasteiger partial charge in [0.1, 0.15) is 0 Å². The van der Waals surface area contributed by atoms with E-state index in [1.165, 1.54) is 0 Å².